The zero-order chi connectivity index (χ0) is 18.3. The Labute approximate surface area is 152 Å². The second-order valence-electron chi connectivity index (χ2n) is 5.73. The average molecular weight is 368 g/mol. The fourth-order valence-electron chi connectivity index (χ4n) is 3.09. The van der Waals surface area contributed by atoms with E-state index in [1.807, 2.05) is 6.07 Å². The fourth-order valence-corrected chi connectivity index (χ4v) is 3.27. The molecule has 4 aromatic rings. The largest absolute Gasteiger partial charge is 0.462 e. The summed E-state index contributed by atoms with van der Waals surface area (Å²) in [5.41, 5.74) is 2.54. The molecular formula is C19H14ClN3O3. The van der Waals surface area contributed by atoms with Crippen molar-refractivity contribution in [1.82, 2.24) is 15.0 Å². The van der Waals surface area contributed by atoms with Crippen LogP contribution < -0.4 is 5.56 Å². The van der Waals surface area contributed by atoms with Crippen LogP contribution in [0.1, 0.15) is 17.3 Å². The summed E-state index contributed by atoms with van der Waals surface area (Å²) in [6, 6.07) is 8.89. The molecule has 0 amide bonds. The lowest BCUT2D eigenvalue weighted by Crippen LogP contribution is -2.21. The summed E-state index contributed by atoms with van der Waals surface area (Å²) < 4.78 is 5.10. The van der Waals surface area contributed by atoms with E-state index >= 15 is 0 Å². The molecule has 2 N–H and O–H groups in total. The molecule has 0 atom stereocenters. The summed E-state index contributed by atoms with van der Waals surface area (Å²) in [5, 5.41) is 1.32. The number of esters is 1. The number of nitrogens with zero attached hydrogens (tertiary/aromatic N) is 1. The van der Waals surface area contributed by atoms with Crippen LogP contribution in [-0.4, -0.2) is 27.5 Å². The molecule has 0 aliphatic rings. The first kappa shape index (κ1) is 16.4. The number of aromatic amines is 2. The maximum absolute atomic E-state index is 12.7. The van der Waals surface area contributed by atoms with Crippen LogP contribution in [0.5, 0.6) is 0 Å². The number of ether oxygens (including phenoxy) is 1. The van der Waals surface area contributed by atoms with Gasteiger partial charge in [-0.25, -0.2) is 4.79 Å². The molecule has 0 unspecified atom stereocenters. The molecule has 26 heavy (non-hydrogen) atoms. The Bertz CT molecular complexity index is 1200. The summed E-state index contributed by atoms with van der Waals surface area (Å²) in [7, 11) is 0. The highest BCUT2D eigenvalue weighted by molar-refractivity contribution is 6.32. The quantitative estimate of drug-likeness (QED) is 0.537. The van der Waals surface area contributed by atoms with Gasteiger partial charge in [0, 0.05) is 39.4 Å². The predicted molar refractivity (Wildman–Crippen MR) is 101 cm³/mol. The number of nitrogens with one attached hydrogen (secondary N) is 2. The number of halogens is 1. The van der Waals surface area contributed by atoms with Crippen LogP contribution in [0, 0.1) is 0 Å². The van der Waals surface area contributed by atoms with Gasteiger partial charge in [0.05, 0.1) is 17.6 Å². The minimum atomic E-state index is -0.675. The Morgan fingerprint density at radius 2 is 2.08 bits per heavy atom. The number of benzene rings is 1. The van der Waals surface area contributed by atoms with E-state index in [1.54, 1.807) is 43.6 Å². The first-order valence-electron chi connectivity index (χ1n) is 8.05. The average Bonchev–Trinajstić information content (AvgIpc) is 2.99. The van der Waals surface area contributed by atoms with E-state index in [2.05, 4.69) is 15.0 Å². The monoisotopic (exact) mass is 367 g/mol. The highest BCUT2D eigenvalue weighted by Gasteiger charge is 2.24. The molecule has 0 saturated heterocycles. The highest BCUT2D eigenvalue weighted by atomic mass is 35.5. The van der Waals surface area contributed by atoms with Crippen LogP contribution >= 0.6 is 11.6 Å². The Hall–Kier alpha value is -3.12. The third kappa shape index (κ3) is 2.55. The Morgan fingerprint density at radius 1 is 1.23 bits per heavy atom. The van der Waals surface area contributed by atoms with E-state index in [1.165, 1.54) is 0 Å². The number of hydrogen-bond acceptors (Lipinski definition) is 4. The number of carbonyl (C=O) groups excluding carboxylic acids is 1. The van der Waals surface area contributed by atoms with E-state index in [4.69, 9.17) is 16.3 Å². The maximum atomic E-state index is 12.7. The zero-order valence-electron chi connectivity index (χ0n) is 13.8. The molecular weight excluding hydrogens is 354 g/mol. The molecule has 1 aromatic carbocycles. The smallest absolute Gasteiger partial charge is 0.344 e. The second kappa shape index (κ2) is 6.31. The third-order valence-corrected chi connectivity index (χ3v) is 4.39. The van der Waals surface area contributed by atoms with Crippen LogP contribution in [0.25, 0.3) is 33.1 Å². The number of H-pyrrole nitrogens is 2. The molecule has 0 saturated carbocycles. The minimum Gasteiger partial charge on any atom is -0.462 e. The van der Waals surface area contributed by atoms with Gasteiger partial charge in [0.25, 0.3) is 5.56 Å². The van der Waals surface area contributed by atoms with Crippen molar-refractivity contribution in [3.8, 4) is 11.1 Å². The van der Waals surface area contributed by atoms with E-state index < -0.39 is 11.5 Å². The van der Waals surface area contributed by atoms with Gasteiger partial charge in [0.15, 0.2) is 0 Å². The predicted octanol–water partition coefficient (Wildman–Crippen LogP) is 3.90. The van der Waals surface area contributed by atoms with Crippen LogP contribution in [-0.2, 0) is 4.74 Å². The number of pyridine rings is 2. The van der Waals surface area contributed by atoms with Crippen molar-refractivity contribution >= 4 is 39.5 Å². The molecule has 3 heterocycles. The molecule has 4 rings (SSSR count). The lowest BCUT2D eigenvalue weighted by atomic mass is 10.0. The number of carbonyl (C=O) groups is 1. The first-order chi connectivity index (χ1) is 12.6. The Kier molecular flexibility index (Phi) is 3.97. The van der Waals surface area contributed by atoms with Crippen molar-refractivity contribution in [2.24, 2.45) is 0 Å². The van der Waals surface area contributed by atoms with Crippen molar-refractivity contribution in [3.05, 3.63) is 63.7 Å². The number of rotatable bonds is 3. The number of aromatic nitrogens is 3. The van der Waals surface area contributed by atoms with Gasteiger partial charge in [0.2, 0.25) is 0 Å². The van der Waals surface area contributed by atoms with Crippen LogP contribution in [0.3, 0.4) is 0 Å². The summed E-state index contributed by atoms with van der Waals surface area (Å²) in [6.45, 7) is 1.87. The maximum Gasteiger partial charge on any atom is 0.344 e. The van der Waals surface area contributed by atoms with E-state index in [0.29, 0.717) is 27.2 Å². The van der Waals surface area contributed by atoms with Gasteiger partial charge >= 0.3 is 5.97 Å². The van der Waals surface area contributed by atoms with E-state index in [0.717, 1.165) is 10.9 Å². The van der Waals surface area contributed by atoms with Gasteiger partial charge in [-0.15, -0.1) is 0 Å². The molecule has 3 aromatic heterocycles. The third-order valence-electron chi connectivity index (χ3n) is 4.16. The van der Waals surface area contributed by atoms with Crippen molar-refractivity contribution in [2.75, 3.05) is 6.61 Å². The summed E-state index contributed by atoms with van der Waals surface area (Å²) in [5.74, 6) is -0.675. The number of hydrogen-bond donors (Lipinski definition) is 2. The van der Waals surface area contributed by atoms with Gasteiger partial charge in [-0.05, 0) is 31.2 Å². The molecule has 6 nitrogen and oxygen atoms in total. The van der Waals surface area contributed by atoms with Gasteiger partial charge in [-0.1, -0.05) is 17.7 Å². The van der Waals surface area contributed by atoms with E-state index in [9.17, 15) is 9.59 Å². The van der Waals surface area contributed by atoms with Crippen molar-refractivity contribution in [3.63, 3.8) is 0 Å². The highest BCUT2D eigenvalue weighted by Crippen LogP contribution is 2.34. The molecule has 0 aliphatic heterocycles. The molecule has 0 radical (unpaired) electrons. The Morgan fingerprint density at radius 3 is 2.81 bits per heavy atom. The van der Waals surface area contributed by atoms with Crippen LogP contribution in [0.2, 0.25) is 5.02 Å². The van der Waals surface area contributed by atoms with Gasteiger partial charge in [-0.3, -0.25) is 9.78 Å². The van der Waals surface area contributed by atoms with Crippen molar-refractivity contribution in [2.45, 2.75) is 6.92 Å². The normalized spacial score (nSPS) is 11.2. The van der Waals surface area contributed by atoms with Crippen LogP contribution in [0.4, 0.5) is 0 Å². The standard InChI is InChI=1S/C19H14ClN3O3/c1-2-26-19(25)15-14(10-4-3-7-21-9-10)17-16(23-18(15)24)12-8-11(20)5-6-13(12)22-17/h3-9,22H,2H2,1H3,(H,23,24). The Balaban J connectivity index is 2.17. The van der Waals surface area contributed by atoms with Gasteiger partial charge < -0.3 is 14.7 Å². The van der Waals surface area contributed by atoms with Crippen molar-refractivity contribution in [1.29, 1.82) is 0 Å². The molecule has 130 valence electrons. The summed E-state index contributed by atoms with van der Waals surface area (Å²) in [6.07, 6.45) is 3.23. The topological polar surface area (TPSA) is 87.8 Å². The van der Waals surface area contributed by atoms with Crippen LogP contribution in [0.15, 0.2) is 47.5 Å². The zero-order valence-corrected chi connectivity index (χ0v) is 14.6. The molecule has 7 heteroatoms. The van der Waals surface area contributed by atoms with E-state index in [-0.39, 0.29) is 12.2 Å². The minimum absolute atomic E-state index is 0.0509. The molecule has 0 aliphatic carbocycles. The second-order valence-corrected chi connectivity index (χ2v) is 6.17. The van der Waals surface area contributed by atoms with Gasteiger partial charge in [-0.2, -0.15) is 0 Å². The summed E-state index contributed by atoms with van der Waals surface area (Å²) in [4.78, 5) is 35.4. The molecule has 0 bridgehead atoms. The summed E-state index contributed by atoms with van der Waals surface area (Å²) >= 11 is 6.11. The number of fused-ring (bicyclic) bond motifs is 3. The van der Waals surface area contributed by atoms with Gasteiger partial charge in [0.1, 0.15) is 5.56 Å². The lowest BCUT2D eigenvalue weighted by molar-refractivity contribution is 0.0525. The first-order valence-corrected chi connectivity index (χ1v) is 8.42. The molecule has 0 fully saturated rings. The fraction of sp³-hybridized carbons (Fsp3) is 0.105. The molecule has 0 spiro atoms. The SMILES string of the molecule is CCOC(=O)c1c(-c2cccnc2)c2[nH]c3ccc(Cl)cc3c2[nH]c1=O. The lowest BCUT2D eigenvalue weighted by Gasteiger charge is -2.09. The van der Waals surface area contributed by atoms with Crippen molar-refractivity contribution < 1.29 is 9.53 Å².